The SMILES string of the molecule is CCn1cc(Nc2ncc3c(C)c[nH]c3n2)cn1. The van der Waals surface area contributed by atoms with Crippen LogP contribution in [-0.4, -0.2) is 24.7 Å². The third kappa shape index (κ3) is 1.81. The van der Waals surface area contributed by atoms with Gasteiger partial charge in [-0.25, -0.2) is 4.98 Å². The first-order chi connectivity index (χ1) is 8.76. The molecular formula is C12H14N6. The topological polar surface area (TPSA) is 71.4 Å². The van der Waals surface area contributed by atoms with Crippen LogP contribution in [0, 0.1) is 6.92 Å². The van der Waals surface area contributed by atoms with Crippen molar-refractivity contribution in [3.63, 3.8) is 0 Å². The molecule has 0 fully saturated rings. The monoisotopic (exact) mass is 242 g/mol. The summed E-state index contributed by atoms with van der Waals surface area (Å²) >= 11 is 0. The zero-order valence-electron chi connectivity index (χ0n) is 10.3. The fraction of sp³-hybridized carbons (Fsp3) is 0.250. The molecule has 0 saturated carbocycles. The molecule has 0 unspecified atom stereocenters. The van der Waals surface area contributed by atoms with Crippen molar-refractivity contribution < 1.29 is 0 Å². The lowest BCUT2D eigenvalue weighted by molar-refractivity contribution is 0.660. The highest BCUT2D eigenvalue weighted by atomic mass is 15.3. The van der Waals surface area contributed by atoms with Gasteiger partial charge >= 0.3 is 0 Å². The van der Waals surface area contributed by atoms with E-state index in [2.05, 4.69) is 25.4 Å². The van der Waals surface area contributed by atoms with Crippen LogP contribution in [0.2, 0.25) is 0 Å². The molecule has 0 spiro atoms. The lowest BCUT2D eigenvalue weighted by atomic mass is 10.3. The highest BCUT2D eigenvalue weighted by Gasteiger charge is 2.05. The molecule has 3 aromatic heterocycles. The predicted molar refractivity (Wildman–Crippen MR) is 69.8 cm³/mol. The predicted octanol–water partition coefficient (Wildman–Crippen LogP) is 2.23. The molecular weight excluding hydrogens is 228 g/mol. The number of fused-ring (bicyclic) bond motifs is 1. The zero-order chi connectivity index (χ0) is 12.5. The van der Waals surface area contributed by atoms with Gasteiger partial charge in [0.15, 0.2) is 0 Å². The van der Waals surface area contributed by atoms with Gasteiger partial charge in [0.25, 0.3) is 0 Å². The first kappa shape index (κ1) is 10.8. The molecule has 3 rings (SSSR count). The number of hydrogen-bond acceptors (Lipinski definition) is 4. The van der Waals surface area contributed by atoms with Gasteiger partial charge in [0.2, 0.25) is 5.95 Å². The van der Waals surface area contributed by atoms with Crippen LogP contribution in [0.4, 0.5) is 11.6 Å². The van der Waals surface area contributed by atoms with Gasteiger partial charge in [-0.1, -0.05) is 0 Å². The Morgan fingerprint density at radius 3 is 3.06 bits per heavy atom. The zero-order valence-corrected chi connectivity index (χ0v) is 10.3. The smallest absolute Gasteiger partial charge is 0.229 e. The van der Waals surface area contributed by atoms with Crippen LogP contribution >= 0.6 is 0 Å². The minimum Gasteiger partial charge on any atom is -0.346 e. The van der Waals surface area contributed by atoms with Crippen LogP contribution in [0.15, 0.2) is 24.8 Å². The van der Waals surface area contributed by atoms with Crippen molar-refractivity contribution in [2.45, 2.75) is 20.4 Å². The minimum atomic E-state index is 0.569. The molecule has 0 radical (unpaired) electrons. The number of aromatic nitrogens is 5. The number of aryl methyl sites for hydroxylation is 2. The normalized spacial score (nSPS) is 11.0. The fourth-order valence-corrected chi connectivity index (χ4v) is 1.83. The Balaban J connectivity index is 1.90. The maximum atomic E-state index is 4.41. The van der Waals surface area contributed by atoms with E-state index in [1.807, 2.05) is 37.1 Å². The third-order valence-corrected chi connectivity index (χ3v) is 2.85. The summed E-state index contributed by atoms with van der Waals surface area (Å²) in [7, 11) is 0. The molecule has 0 aliphatic heterocycles. The molecule has 0 amide bonds. The minimum absolute atomic E-state index is 0.569. The Morgan fingerprint density at radius 2 is 2.28 bits per heavy atom. The molecule has 6 heteroatoms. The van der Waals surface area contributed by atoms with Crippen molar-refractivity contribution >= 4 is 22.7 Å². The van der Waals surface area contributed by atoms with E-state index in [4.69, 9.17) is 0 Å². The molecule has 18 heavy (non-hydrogen) atoms. The van der Waals surface area contributed by atoms with E-state index in [9.17, 15) is 0 Å². The van der Waals surface area contributed by atoms with Crippen molar-refractivity contribution in [3.8, 4) is 0 Å². The van der Waals surface area contributed by atoms with E-state index in [0.29, 0.717) is 5.95 Å². The largest absolute Gasteiger partial charge is 0.346 e. The van der Waals surface area contributed by atoms with Gasteiger partial charge in [0.1, 0.15) is 5.65 Å². The molecule has 0 saturated heterocycles. The van der Waals surface area contributed by atoms with Crippen molar-refractivity contribution in [2.24, 2.45) is 0 Å². The number of nitrogens with one attached hydrogen (secondary N) is 2. The summed E-state index contributed by atoms with van der Waals surface area (Å²) in [6.07, 6.45) is 7.43. The van der Waals surface area contributed by atoms with Gasteiger partial charge in [0.05, 0.1) is 11.9 Å². The quantitative estimate of drug-likeness (QED) is 0.738. The van der Waals surface area contributed by atoms with Crippen molar-refractivity contribution in [2.75, 3.05) is 5.32 Å². The molecule has 3 aromatic rings. The van der Waals surface area contributed by atoms with E-state index < -0.39 is 0 Å². The van der Waals surface area contributed by atoms with Crippen LogP contribution in [0.5, 0.6) is 0 Å². The lowest BCUT2D eigenvalue weighted by Crippen LogP contribution is -1.96. The Labute approximate surface area is 104 Å². The van der Waals surface area contributed by atoms with E-state index >= 15 is 0 Å². The Bertz CT molecular complexity index is 681. The molecule has 3 heterocycles. The first-order valence-electron chi connectivity index (χ1n) is 5.86. The second kappa shape index (κ2) is 4.14. The third-order valence-electron chi connectivity index (χ3n) is 2.85. The lowest BCUT2D eigenvalue weighted by Gasteiger charge is -2.01. The second-order valence-electron chi connectivity index (χ2n) is 4.14. The average Bonchev–Trinajstić information content (AvgIpc) is 2.97. The van der Waals surface area contributed by atoms with E-state index in [0.717, 1.165) is 28.8 Å². The number of hydrogen-bond donors (Lipinski definition) is 2. The number of nitrogens with zero attached hydrogens (tertiary/aromatic N) is 4. The molecule has 0 atom stereocenters. The summed E-state index contributed by atoms with van der Waals surface area (Å²) in [6, 6.07) is 0. The summed E-state index contributed by atoms with van der Waals surface area (Å²) in [4.78, 5) is 11.8. The number of rotatable bonds is 3. The Morgan fingerprint density at radius 1 is 1.39 bits per heavy atom. The van der Waals surface area contributed by atoms with Crippen molar-refractivity contribution in [1.82, 2.24) is 24.7 Å². The van der Waals surface area contributed by atoms with Crippen LogP contribution in [0.3, 0.4) is 0 Å². The Kier molecular flexibility index (Phi) is 2.47. The van der Waals surface area contributed by atoms with Gasteiger partial charge in [-0.2, -0.15) is 10.1 Å². The second-order valence-corrected chi connectivity index (χ2v) is 4.14. The number of H-pyrrole nitrogens is 1. The molecule has 2 N–H and O–H groups in total. The van der Waals surface area contributed by atoms with Gasteiger partial charge in [-0.15, -0.1) is 0 Å². The molecule has 0 aliphatic carbocycles. The van der Waals surface area contributed by atoms with Crippen molar-refractivity contribution in [1.29, 1.82) is 0 Å². The number of anilines is 2. The van der Waals surface area contributed by atoms with Gasteiger partial charge in [0, 0.05) is 30.5 Å². The molecule has 92 valence electrons. The molecule has 6 nitrogen and oxygen atoms in total. The summed E-state index contributed by atoms with van der Waals surface area (Å²) in [5.41, 5.74) is 2.88. The first-order valence-corrected chi connectivity index (χ1v) is 5.86. The maximum Gasteiger partial charge on any atom is 0.229 e. The van der Waals surface area contributed by atoms with E-state index in [1.165, 1.54) is 0 Å². The van der Waals surface area contributed by atoms with Crippen molar-refractivity contribution in [3.05, 3.63) is 30.4 Å². The van der Waals surface area contributed by atoms with Crippen LogP contribution < -0.4 is 5.32 Å². The standard InChI is InChI=1S/C12H14N6/c1-3-18-7-9(5-15-18)16-12-14-6-10-8(2)4-13-11(10)17-12/h4-7H,3H2,1-2H3,(H2,13,14,16,17). The summed E-state index contributed by atoms with van der Waals surface area (Å²) in [6.45, 7) is 4.92. The van der Waals surface area contributed by atoms with Gasteiger partial charge < -0.3 is 10.3 Å². The Hall–Kier alpha value is -2.37. The van der Waals surface area contributed by atoms with Crippen LogP contribution in [0.25, 0.3) is 11.0 Å². The number of aromatic amines is 1. The summed E-state index contributed by atoms with van der Waals surface area (Å²) < 4.78 is 1.85. The average molecular weight is 242 g/mol. The molecule has 0 aliphatic rings. The fourth-order valence-electron chi connectivity index (χ4n) is 1.83. The van der Waals surface area contributed by atoms with Gasteiger partial charge in [-0.05, 0) is 19.4 Å². The molecule has 0 bridgehead atoms. The summed E-state index contributed by atoms with van der Waals surface area (Å²) in [5.74, 6) is 0.569. The molecule has 0 aromatic carbocycles. The van der Waals surface area contributed by atoms with Crippen LogP contribution in [-0.2, 0) is 6.54 Å². The van der Waals surface area contributed by atoms with Crippen LogP contribution in [0.1, 0.15) is 12.5 Å². The maximum absolute atomic E-state index is 4.41. The highest BCUT2D eigenvalue weighted by molar-refractivity contribution is 5.79. The van der Waals surface area contributed by atoms with E-state index in [1.54, 1.807) is 6.20 Å². The van der Waals surface area contributed by atoms with E-state index in [-0.39, 0.29) is 0 Å². The highest BCUT2D eigenvalue weighted by Crippen LogP contribution is 2.17. The van der Waals surface area contributed by atoms with Gasteiger partial charge in [-0.3, -0.25) is 4.68 Å². The summed E-state index contributed by atoms with van der Waals surface area (Å²) in [5, 5.41) is 8.37.